The van der Waals surface area contributed by atoms with Gasteiger partial charge in [-0.3, -0.25) is 4.79 Å². The topological polar surface area (TPSA) is 67.4 Å². The molecule has 0 bridgehead atoms. The quantitative estimate of drug-likeness (QED) is 0.641. The lowest BCUT2D eigenvalue weighted by molar-refractivity contribution is 0.0528. The molecule has 5 heteroatoms. The van der Waals surface area contributed by atoms with Crippen molar-refractivity contribution < 1.29 is 14.3 Å². The van der Waals surface area contributed by atoms with E-state index in [-0.39, 0.29) is 5.91 Å². The molecular formula is C25H32N2O3. The van der Waals surface area contributed by atoms with Crippen molar-refractivity contribution in [2.24, 2.45) is 0 Å². The van der Waals surface area contributed by atoms with Gasteiger partial charge in [0.25, 0.3) is 5.91 Å². The van der Waals surface area contributed by atoms with Crippen molar-refractivity contribution in [2.45, 2.75) is 53.6 Å². The van der Waals surface area contributed by atoms with Gasteiger partial charge >= 0.3 is 6.09 Å². The molecule has 0 aliphatic heterocycles. The number of nitrogens with one attached hydrogen (secondary N) is 2. The van der Waals surface area contributed by atoms with Gasteiger partial charge in [0.1, 0.15) is 5.60 Å². The van der Waals surface area contributed by atoms with Crippen LogP contribution in [0.5, 0.6) is 0 Å². The van der Waals surface area contributed by atoms with Crippen LogP contribution in [0.2, 0.25) is 0 Å². The van der Waals surface area contributed by atoms with Crippen molar-refractivity contribution in [1.82, 2.24) is 5.32 Å². The van der Waals surface area contributed by atoms with Gasteiger partial charge in [0, 0.05) is 17.8 Å². The van der Waals surface area contributed by atoms with Gasteiger partial charge in [-0.25, -0.2) is 4.79 Å². The van der Waals surface area contributed by atoms with E-state index in [1.165, 1.54) is 11.1 Å². The Morgan fingerprint density at radius 2 is 1.73 bits per heavy atom. The molecule has 0 unspecified atom stereocenters. The van der Waals surface area contributed by atoms with E-state index < -0.39 is 11.7 Å². The SMILES string of the molecule is C/C=C(\C)c1ccc(NC(=O)c2ccc(CCNC(=O)OC(C)(C)C)cc2)cc1C. The zero-order chi connectivity index (χ0) is 22.3. The summed E-state index contributed by atoms with van der Waals surface area (Å²) in [5.41, 5.74) is 5.40. The van der Waals surface area contributed by atoms with Crippen molar-refractivity contribution in [3.05, 3.63) is 70.8 Å². The zero-order valence-electron chi connectivity index (χ0n) is 18.8. The first-order chi connectivity index (χ1) is 14.1. The molecule has 2 N–H and O–H groups in total. The number of rotatable bonds is 6. The molecule has 0 saturated heterocycles. The fraction of sp³-hybridized carbons (Fsp3) is 0.360. The number of ether oxygens (including phenoxy) is 1. The number of carbonyl (C=O) groups is 2. The number of aryl methyl sites for hydroxylation is 1. The Morgan fingerprint density at radius 3 is 2.30 bits per heavy atom. The van der Waals surface area contributed by atoms with E-state index in [0.717, 1.165) is 16.8 Å². The van der Waals surface area contributed by atoms with Crippen LogP contribution in [0.3, 0.4) is 0 Å². The maximum atomic E-state index is 12.6. The third-order valence-corrected chi connectivity index (χ3v) is 4.64. The molecule has 5 nitrogen and oxygen atoms in total. The molecule has 0 aliphatic rings. The van der Waals surface area contributed by atoms with Gasteiger partial charge in [0.15, 0.2) is 0 Å². The van der Waals surface area contributed by atoms with Crippen LogP contribution >= 0.6 is 0 Å². The number of anilines is 1. The van der Waals surface area contributed by atoms with Crippen molar-refractivity contribution in [3.8, 4) is 0 Å². The number of hydrogen-bond acceptors (Lipinski definition) is 3. The van der Waals surface area contributed by atoms with E-state index in [9.17, 15) is 9.59 Å². The molecular weight excluding hydrogens is 376 g/mol. The lowest BCUT2D eigenvalue weighted by Crippen LogP contribution is -2.33. The monoisotopic (exact) mass is 408 g/mol. The summed E-state index contributed by atoms with van der Waals surface area (Å²) in [5, 5.41) is 5.69. The predicted octanol–water partition coefficient (Wildman–Crippen LogP) is 5.74. The van der Waals surface area contributed by atoms with E-state index in [4.69, 9.17) is 4.74 Å². The number of benzene rings is 2. The van der Waals surface area contributed by atoms with Crippen LogP contribution in [0, 0.1) is 6.92 Å². The summed E-state index contributed by atoms with van der Waals surface area (Å²) in [5.74, 6) is -0.150. The highest BCUT2D eigenvalue weighted by Gasteiger charge is 2.15. The van der Waals surface area contributed by atoms with Gasteiger partial charge in [-0.1, -0.05) is 24.3 Å². The zero-order valence-corrected chi connectivity index (χ0v) is 18.8. The third kappa shape index (κ3) is 7.07. The van der Waals surface area contributed by atoms with E-state index >= 15 is 0 Å². The lowest BCUT2D eigenvalue weighted by Gasteiger charge is -2.19. The summed E-state index contributed by atoms with van der Waals surface area (Å²) in [6, 6.07) is 13.3. The van der Waals surface area contributed by atoms with Crippen molar-refractivity contribution in [1.29, 1.82) is 0 Å². The number of allylic oxidation sites excluding steroid dienone is 2. The van der Waals surface area contributed by atoms with Crippen LogP contribution in [0.1, 0.15) is 61.7 Å². The predicted molar refractivity (Wildman–Crippen MR) is 123 cm³/mol. The fourth-order valence-corrected chi connectivity index (χ4v) is 2.99. The normalized spacial score (nSPS) is 11.7. The van der Waals surface area contributed by atoms with E-state index in [2.05, 4.69) is 23.6 Å². The highest BCUT2D eigenvalue weighted by molar-refractivity contribution is 6.04. The average Bonchev–Trinajstić information content (AvgIpc) is 2.66. The van der Waals surface area contributed by atoms with Crippen molar-refractivity contribution in [2.75, 3.05) is 11.9 Å². The first-order valence-corrected chi connectivity index (χ1v) is 10.2. The fourth-order valence-electron chi connectivity index (χ4n) is 2.99. The van der Waals surface area contributed by atoms with Crippen LogP contribution in [-0.2, 0) is 11.2 Å². The summed E-state index contributed by atoms with van der Waals surface area (Å²) in [6.45, 7) is 12.1. The maximum absolute atomic E-state index is 12.6. The van der Waals surface area contributed by atoms with Crippen LogP contribution in [0.15, 0.2) is 48.5 Å². The van der Waals surface area contributed by atoms with Crippen LogP contribution in [0.4, 0.5) is 10.5 Å². The van der Waals surface area contributed by atoms with Gasteiger partial charge in [-0.05, 0) is 94.5 Å². The molecule has 2 amide bonds. The van der Waals surface area contributed by atoms with Gasteiger partial charge in [0.2, 0.25) is 0 Å². The Balaban J connectivity index is 1.91. The Labute approximate surface area is 179 Å². The second kappa shape index (κ2) is 10.1. The molecule has 0 saturated carbocycles. The standard InChI is InChI=1S/C25H32N2O3/c1-7-17(2)22-13-12-21(16-18(22)3)27-23(28)20-10-8-19(9-11-20)14-15-26-24(29)30-25(4,5)6/h7-13,16H,14-15H2,1-6H3,(H,26,29)(H,27,28)/b17-7+. The van der Waals surface area contributed by atoms with Crippen LogP contribution in [-0.4, -0.2) is 24.1 Å². The number of hydrogen-bond donors (Lipinski definition) is 2. The Bertz CT molecular complexity index is 922. The first kappa shape index (κ1) is 23.2. The molecule has 0 atom stereocenters. The molecule has 2 aromatic carbocycles. The van der Waals surface area contributed by atoms with Crippen LogP contribution < -0.4 is 10.6 Å². The molecule has 0 radical (unpaired) electrons. The van der Waals surface area contributed by atoms with Crippen LogP contribution in [0.25, 0.3) is 5.57 Å². The first-order valence-electron chi connectivity index (χ1n) is 10.2. The molecule has 160 valence electrons. The molecule has 2 aromatic rings. The molecule has 0 aliphatic carbocycles. The van der Waals surface area contributed by atoms with Crippen molar-refractivity contribution in [3.63, 3.8) is 0 Å². The second-order valence-electron chi connectivity index (χ2n) is 8.33. The largest absolute Gasteiger partial charge is 0.444 e. The minimum Gasteiger partial charge on any atom is -0.444 e. The number of alkyl carbamates (subject to hydrolysis) is 1. The van der Waals surface area contributed by atoms with Gasteiger partial charge in [-0.2, -0.15) is 0 Å². The minimum absolute atomic E-state index is 0.150. The molecule has 0 aromatic heterocycles. The maximum Gasteiger partial charge on any atom is 0.407 e. The highest BCUT2D eigenvalue weighted by atomic mass is 16.6. The van der Waals surface area contributed by atoms with Crippen molar-refractivity contribution >= 4 is 23.3 Å². The smallest absolute Gasteiger partial charge is 0.407 e. The summed E-state index contributed by atoms with van der Waals surface area (Å²) in [4.78, 5) is 24.2. The van der Waals surface area contributed by atoms with Gasteiger partial charge in [0.05, 0.1) is 0 Å². The van der Waals surface area contributed by atoms with Gasteiger partial charge < -0.3 is 15.4 Å². The Morgan fingerprint density at radius 1 is 1.07 bits per heavy atom. The second-order valence-corrected chi connectivity index (χ2v) is 8.33. The lowest BCUT2D eigenvalue weighted by atomic mass is 10.0. The molecule has 2 rings (SSSR count). The number of amides is 2. The average molecular weight is 409 g/mol. The Hall–Kier alpha value is -3.08. The molecule has 0 heterocycles. The van der Waals surface area contributed by atoms with Gasteiger partial charge in [-0.15, -0.1) is 0 Å². The van der Waals surface area contributed by atoms with E-state index in [1.54, 1.807) is 12.1 Å². The summed E-state index contributed by atoms with van der Waals surface area (Å²) in [7, 11) is 0. The molecule has 0 spiro atoms. The summed E-state index contributed by atoms with van der Waals surface area (Å²) >= 11 is 0. The highest BCUT2D eigenvalue weighted by Crippen LogP contribution is 2.22. The minimum atomic E-state index is -0.510. The van der Waals surface area contributed by atoms with E-state index in [1.807, 2.05) is 65.0 Å². The van der Waals surface area contributed by atoms with E-state index in [0.29, 0.717) is 18.5 Å². The Kier molecular flexibility index (Phi) is 7.81. The molecule has 0 fully saturated rings. The molecule has 30 heavy (non-hydrogen) atoms. The third-order valence-electron chi connectivity index (χ3n) is 4.64. The number of carbonyl (C=O) groups excluding carboxylic acids is 2. The summed E-state index contributed by atoms with van der Waals surface area (Å²) in [6.07, 6.45) is 2.31. The summed E-state index contributed by atoms with van der Waals surface area (Å²) < 4.78 is 5.21.